The van der Waals surface area contributed by atoms with Gasteiger partial charge in [-0.05, 0) is 72.9 Å². The number of nitrogens with one attached hydrogen (secondary N) is 2. The Morgan fingerprint density at radius 3 is 2.42 bits per heavy atom. The summed E-state index contributed by atoms with van der Waals surface area (Å²) in [6.45, 7) is 5.83. The van der Waals surface area contributed by atoms with Crippen molar-refractivity contribution in [2.45, 2.75) is 38.5 Å². The summed E-state index contributed by atoms with van der Waals surface area (Å²) in [6.07, 6.45) is 3.21. The van der Waals surface area contributed by atoms with Crippen LogP contribution in [0.2, 0.25) is 0 Å². The normalized spacial score (nSPS) is 13.1. The third-order valence-corrected chi connectivity index (χ3v) is 5.92. The molecule has 136 valence electrons. The number of anilines is 2. The molecule has 0 aliphatic heterocycles. The fourth-order valence-electron chi connectivity index (χ4n) is 3.15. The number of carbonyl (C=O) groups is 1. The highest BCUT2D eigenvalue weighted by atomic mass is 32.2. The van der Waals surface area contributed by atoms with Crippen LogP contribution in [0, 0.1) is 6.92 Å². The van der Waals surface area contributed by atoms with Gasteiger partial charge in [-0.2, -0.15) is 0 Å². The molecule has 0 unspecified atom stereocenters. The van der Waals surface area contributed by atoms with E-state index in [1.165, 1.54) is 17.7 Å². The summed E-state index contributed by atoms with van der Waals surface area (Å²) in [4.78, 5) is 11.6. The molecule has 0 radical (unpaired) electrons. The second-order valence-electron chi connectivity index (χ2n) is 6.41. The van der Waals surface area contributed by atoms with Crippen LogP contribution in [-0.4, -0.2) is 14.3 Å². The molecule has 2 N–H and O–H groups in total. The number of hydrogen-bond acceptors (Lipinski definition) is 3. The minimum atomic E-state index is -3.70. The molecule has 0 fully saturated rings. The van der Waals surface area contributed by atoms with Gasteiger partial charge < -0.3 is 5.32 Å². The van der Waals surface area contributed by atoms with E-state index in [-0.39, 0.29) is 10.8 Å². The molecule has 2 aromatic carbocycles. The molecular weight excluding hydrogens is 348 g/mol. The van der Waals surface area contributed by atoms with Gasteiger partial charge in [-0.3, -0.25) is 9.52 Å². The first-order valence-corrected chi connectivity index (χ1v) is 10.0. The Morgan fingerprint density at radius 2 is 1.77 bits per heavy atom. The molecule has 0 saturated carbocycles. The topological polar surface area (TPSA) is 75.3 Å². The minimum Gasteiger partial charge on any atom is -0.326 e. The number of aryl methyl sites for hydroxylation is 1. The summed E-state index contributed by atoms with van der Waals surface area (Å²) in [7, 11) is -3.70. The fourth-order valence-corrected chi connectivity index (χ4v) is 4.24. The smallest absolute Gasteiger partial charge is 0.261 e. The second-order valence-corrected chi connectivity index (χ2v) is 8.09. The van der Waals surface area contributed by atoms with Crippen molar-refractivity contribution in [1.82, 2.24) is 0 Å². The van der Waals surface area contributed by atoms with E-state index in [1.54, 1.807) is 19.1 Å². The van der Waals surface area contributed by atoms with Crippen molar-refractivity contribution >= 4 is 32.9 Å². The van der Waals surface area contributed by atoms with Crippen LogP contribution in [0.25, 0.3) is 5.57 Å². The van der Waals surface area contributed by atoms with Crippen LogP contribution < -0.4 is 10.0 Å². The van der Waals surface area contributed by atoms with Gasteiger partial charge in [-0.25, -0.2) is 8.42 Å². The van der Waals surface area contributed by atoms with E-state index in [2.05, 4.69) is 16.1 Å². The van der Waals surface area contributed by atoms with E-state index in [4.69, 9.17) is 0 Å². The first kappa shape index (κ1) is 18.2. The maximum absolute atomic E-state index is 12.7. The van der Waals surface area contributed by atoms with Crippen LogP contribution >= 0.6 is 0 Å². The van der Waals surface area contributed by atoms with Gasteiger partial charge in [-0.1, -0.05) is 19.1 Å². The molecular formula is C20H22N2O3S. The lowest BCUT2D eigenvalue weighted by molar-refractivity contribution is -0.115. The monoisotopic (exact) mass is 370 g/mol. The Kier molecular flexibility index (Phi) is 4.87. The van der Waals surface area contributed by atoms with Crippen LogP contribution in [0.15, 0.2) is 47.4 Å². The molecule has 1 aliphatic carbocycles. The maximum Gasteiger partial charge on any atom is 0.261 e. The van der Waals surface area contributed by atoms with E-state index in [1.807, 2.05) is 26.0 Å². The number of sulfonamides is 1. The molecule has 6 heteroatoms. The van der Waals surface area contributed by atoms with E-state index in [9.17, 15) is 13.2 Å². The largest absolute Gasteiger partial charge is 0.326 e. The highest BCUT2D eigenvalue weighted by molar-refractivity contribution is 7.92. The number of carbonyl (C=O) groups excluding carboxylic acids is 1. The van der Waals surface area contributed by atoms with Crippen LogP contribution in [0.5, 0.6) is 0 Å². The molecule has 2 aromatic rings. The van der Waals surface area contributed by atoms with Gasteiger partial charge in [0.2, 0.25) is 5.91 Å². The molecule has 0 aromatic heterocycles. The number of hydrogen-bond donors (Lipinski definition) is 2. The minimum absolute atomic E-state index is 0.114. The summed E-state index contributed by atoms with van der Waals surface area (Å²) in [5.74, 6) is -0.114. The first-order chi connectivity index (χ1) is 12.3. The molecule has 0 atom stereocenters. The second kappa shape index (κ2) is 6.96. The SMILES string of the molecule is CCC(=O)Nc1ccc(S(=O)(=O)Nc2ccc(C)c3c2CC=C3C)cc1. The quantitative estimate of drug-likeness (QED) is 0.832. The third-order valence-electron chi connectivity index (χ3n) is 4.54. The standard InChI is InChI=1S/C20H22N2O3S/c1-4-19(23)21-15-7-9-16(10-8-15)26(24,25)22-18-12-6-14(3)20-13(2)5-11-17(18)20/h5-10,12,22H,4,11H2,1-3H3,(H,21,23). The average molecular weight is 370 g/mol. The Morgan fingerprint density at radius 1 is 1.08 bits per heavy atom. The Balaban J connectivity index is 1.86. The summed E-state index contributed by atoms with van der Waals surface area (Å²) >= 11 is 0. The Bertz CT molecular complexity index is 990. The van der Waals surface area contributed by atoms with Crippen molar-refractivity contribution < 1.29 is 13.2 Å². The van der Waals surface area contributed by atoms with Gasteiger partial charge in [0.1, 0.15) is 0 Å². The number of rotatable bonds is 5. The van der Waals surface area contributed by atoms with Crippen LogP contribution in [0.4, 0.5) is 11.4 Å². The lowest BCUT2D eigenvalue weighted by Gasteiger charge is -2.15. The summed E-state index contributed by atoms with van der Waals surface area (Å²) < 4.78 is 28.2. The zero-order valence-electron chi connectivity index (χ0n) is 15.1. The van der Waals surface area contributed by atoms with Crippen LogP contribution in [0.1, 0.15) is 37.0 Å². The Hall–Kier alpha value is -2.60. The van der Waals surface area contributed by atoms with Crippen molar-refractivity contribution in [2.24, 2.45) is 0 Å². The Labute approximate surface area is 154 Å². The van der Waals surface area contributed by atoms with Gasteiger partial charge in [0.15, 0.2) is 0 Å². The van der Waals surface area contributed by atoms with Crippen LogP contribution in [0.3, 0.4) is 0 Å². The zero-order valence-corrected chi connectivity index (χ0v) is 15.9. The van der Waals surface area contributed by atoms with Gasteiger partial charge in [0.25, 0.3) is 10.0 Å². The molecule has 0 bridgehead atoms. The predicted molar refractivity (Wildman–Crippen MR) is 105 cm³/mol. The third kappa shape index (κ3) is 3.51. The zero-order chi connectivity index (χ0) is 18.9. The molecule has 26 heavy (non-hydrogen) atoms. The number of allylic oxidation sites excluding steroid dienone is 2. The van der Waals surface area contributed by atoms with Gasteiger partial charge in [0, 0.05) is 12.1 Å². The molecule has 0 saturated heterocycles. The van der Waals surface area contributed by atoms with Gasteiger partial charge in [-0.15, -0.1) is 0 Å². The highest BCUT2D eigenvalue weighted by Crippen LogP contribution is 2.35. The number of fused-ring (bicyclic) bond motifs is 1. The van der Waals surface area contributed by atoms with Crippen molar-refractivity contribution in [2.75, 3.05) is 10.0 Å². The number of amides is 1. The van der Waals surface area contributed by atoms with E-state index in [0.717, 1.165) is 23.1 Å². The van der Waals surface area contributed by atoms with E-state index >= 15 is 0 Å². The summed E-state index contributed by atoms with van der Waals surface area (Å²) in [5.41, 5.74) is 5.65. The highest BCUT2D eigenvalue weighted by Gasteiger charge is 2.21. The molecule has 1 amide bonds. The van der Waals surface area contributed by atoms with E-state index < -0.39 is 10.0 Å². The molecule has 3 rings (SSSR count). The first-order valence-electron chi connectivity index (χ1n) is 8.54. The number of benzene rings is 2. The van der Waals surface area contributed by atoms with Crippen molar-refractivity contribution in [3.8, 4) is 0 Å². The predicted octanol–water partition coefficient (Wildman–Crippen LogP) is 4.10. The maximum atomic E-state index is 12.7. The van der Waals surface area contributed by atoms with Crippen molar-refractivity contribution in [3.63, 3.8) is 0 Å². The van der Waals surface area contributed by atoms with E-state index in [0.29, 0.717) is 17.8 Å². The average Bonchev–Trinajstić information content (AvgIpc) is 3.00. The van der Waals surface area contributed by atoms with Crippen molar-refractivity contribution in [3.05, 3.63) is 59.2 Å². The summed E-state index contributed by atoms with van der Waals surface area (Å²) in [5, 5.41) is 2.70. The lowest BCUT2D eigenvalue weighted by atomic mass is 9.99. The molecule has 0 spiro atoms. The molecule has 0 heterocycles. The van der Waals surface area contributed by atoms with Gasteiger partial charge in [0.05, 0.1) is 10.6 Å². The molecule has 1 aliphatic rings. The fraction of sp³-hybridized carbons (Fsp3) is 0.250. The lowest BCUT2D eigenvalue weighted by Crippen LogP contribution is -2.15. The molecule has 5 nitrogen and oxygen atoms in total. The summed E-state index contributed by atoms with van der Waals surface area (Å²) in [6, 6.07) is 9.91. The van der Waals surface area contributed by atoms with Crippen molar-refractivity contribution in [1.29, 1.82) is 0 Å². The van der Waals surface area contributed by atoms with Crippen LogP contribution in [-0.2, 0) is 21.2 Å². The van der Waals surface area contributed by atoms with Gasteiger partial charge >= 0.3 is 0 Å².